The van der Waals surface area contributed by atoms with Crippen molar-refractivity contribution >= 4 is 39.4 Å². The fourth-order valence-corrected chi connectivity index (χ4v) is 2.66. The Kier molecular flexibility index (Phi) is 5.17. The number of benzene rings is 1. The highest BCUT2D eigenvalue weighted by Gasteiger charge is 2.18. The second-order valence-corrected chi connectivity index (χ2v) is 5.62. The van der Waals surface area contributed by atoms with Crippen molar-refractivity contribution in [3.63, 3.8) is 0 Å². The number of nitrogens with two attached hydrogens (primary N) is 2. The van der Waals surface area contributed by atoms with Crippen molar-refractivity contribution < 1.29 is 9.53 Å². The lowest BCUT2D eigenvalue weighted by molar-refractivity contribution is 0.0949. The molecule has 0 fully saturated rings. The molecule has 2 aromatic rings. The number of ether oxygens (including phenoxy) is 1. The summed E-state index contributed by atoms with van der Waals surface area (Å²) >= 11 is 9.22. The molecule has 2 rings (SSSR count). The zero-order chi connectivity index (χ0) is 16.3. The Morgan fingerprint density at radius 3 is 2.82 bits per heavy atom. The van der Waals surface area contributed by atoms with E-state index in [9.17, 15) is 4.79 Å². The van der Waals surface area contributed by atoms with Crippen LogP contribution in [0.1, 0.15) is 21.7 Å². The lowest BCUT2D eigenvalue weighted by Gasteiger charge is -2.12. The topological polar surface area (TPSA) is 116 Å². The third kappa shape index (κ3) is 3.65. The number of nitrogen functional groups attached to an aromatic ring is 2. The average molecular weight is 387 g/mol. The van der Waals surface area contributed by atoms with Gasteiger partial charge >= 0.3 is 0 Å². The number of halogens is 2. The molecule has 0 aliphatic rings. The van der Waals surface area contributed by atoms with Gasteiger partial charge in [0.2, 0.25) is 5.95 Å². The van der Waals surface area contributed by atoms with Gasteiger partial charge in [-0.15, -0.1) is 0 Å². The van der Waals surface area contributed by atoms with Crippen LogP contribution in [0, 0.1) is 6.92 Å². The Balaban J connectivity index is 2.30. The number of aromatic nitrogens is 2. The molecule has 0 radical (unpaired) electrons. The minimum absolute atomic E-state index is 0.0244. The van der Waals surface area contributed by atoms with Gasteiger partial charge in [0.25, 0.3) is 5.91 Å². The largest absolute Gasteiger partial charge is 0.486 e. The van der Waals surface area contributed by atoms with E-state index in [1.807, 2.05) is 0 Å². The Labute approximate surface area is 140 Å². The molecule has 0 saturated carbocycles. The third-order valence-electron chi connectivity index (χ3n) is 2.80. The van der Waals surface area contributed by atoms with Gasteiger partial charge in [0.15, 0.2) is 0 Å². The lowest BCUT2D eigenvalue weighted by Crippen LogP contribution is -2.32. The van der Waals surface area contributed by atoms with E-state index in [-0.39, 0.29) is 18.1 Å². The van der Waals surface area contributed by atoms with Gasteiger partial charge in [-0.05, 0) is 41.1 Å². The molecule has 5 N–H and O–H groups in total. The van der Waals surface area contributed by atoms with Crippen molar-refractivity contribution in [2.75, 3.05) is 5.73 Å². The van der Waals surface area contributed by atoms with Crippen LogP contribution in [0.25, 0.3) is 0 Å². The zero-order valence-corrected chi connectivity index (χ0v) is 13.9. The molecular formula is C13H13BrClN5O2. The van der Waals surface area contributed by atoms with Crippen LogP contribution in [0.4, 0.5) is 5.95 Å². The zero-order valence-electron chi connectivity index (χ0n) is 11.6. The number of rotatable bonds is 4. The quantitative estimate of drug-likeness (QED) is 0.420. The number of amides is 1. The van der Waals surface area contributed by atoms with Gasteiger partial charge in [0, 0.05) is 5.02 Å². The van der Waals surface area contributed by atoms with E-state index >= 15 is 0 Å². The number of nitrogens with one attached hydrogen (secondary N) is 1. The van der Waals surface area contributed by atoms with Crippen LogP contribution in [-0.4, -0.2) is 15.9 Å². The fourth-order valence-electron chi connectivity index (χ4n) is 1.87. The van der Waals surface area contributed by atoms with E-state index in [0.29, 0.717) is 26.6 Å². The van der Waals surface area contributed by atoms with E-state index < -0.39 is 5.91 Å². The van der Waals surface area contributed by atoms with Gasteiger partial charge in [-0.1, -0.05) is 11.6 Å². The molecule has 0 aliphatic carbocycles. The molecule has 0 saturated heterocycles. The number of hydrazine groups is 1. The molecule has 1 amide bonds. The summed E-state index contributed by atoms with van der Waals surface area (Å²) in [6.07, 6.45) is 0. The van der Waals surface area contributed by atoms with Gasteiger partial charge in [-0.25, -0.2) is 15.8 Å². The molecule has 9 heteroatoms. The summed E-state index contributed by atoms with van der Waals surface area (Å²) in [6, 6.07) is 5.09. The molecule has 116 valence electrons. The van der Waals surface area contributed by atoms with Gasteiger partial charge in [-0.3, -0.25) is 10.2 Å². The maximum atomic E-state index is 11.9. The Bertz CT molecular complexity index is 726. The average Bonchev–Trinajstić information content (AvgIpc) is 2.45. The predicted molar refractivity (Wildman–Crippen MR) is 86.3 cm³/mol. The van der Waals surface area contributed by atoms with Gasteiger partial charge < -0.3 is 10.5 Å². The van der Waals surface area contributed by atoms with Crippen LogP contribution in [0.3, 0.4) is 0 Å². The molecule has 1 aromatic carbocycles. The van der Waals surface area contributed by atoms with Crippen LogP contribution in [-0.2, 0) is 6.61 Å². The predicted octanol–water partition coefficient (Wildman–Crippen LogP) is 1.97. The molecule has 1 aromatic heterocycles. The smallest absolute Gasteiger partial charge is 0.269 e. The number of anilines is 1. The van der Waals surface area contributed by atoms with Crippen molar-refractivity contribution in [3.8, 4) is 5.75 Å². The summed E-state index contributed by atoms with van der Waals surface area (Å²) in [6.45, 7) is 1.67. The van der Waals surface area contributed by atoms with Crippen molar-refractivity contribution in [1.29, 1.82) is 0 Å². The van der Waals surface area contributed by atoms with Crippen LogP contribution in [0.2, 0.25) is 5.02 Å². The maximum absolute atomic E-state index is 11.9. The first-order valence-electron chi connectivity index (χ1n) is 6.14. The van der Waals surface area contributed by atoms with E-state index in [4.69, 9.17) is 27.9 Å². The summed E-state index contributed by atoms with van der Waals surface area (Å²) in [5, 5.41) is 0.574. The molecule has 1 heterocycles. The summed E-state index contributed by atoms with van der Waals surface area (Å²) in [4.78, 5) is 19.9. The number of hydrogen-bond donors (Lipinski definition) is 3. The minimum atomic E-state index is -0.508. The molecule has 0 atom stereocenters. The van der Waals surface area contributed by atoms with Crippen LogP contribution in [0.15, 0.2) is 22.7 Å². The minimum Gasteiger partial charge on any atom is -0.486 e. The van der Waals surface area contributed by atoms with E-state index in [1.165, 1.54) is 0 Å². The highest BCUT2D eigenvalue weighted by atomic mass is 79.9. The Hall–Kier alpha value is -1.90. The first-order chi connectivity index (χ1) is 10.4. The van der Waals surface area contributed by atoms with Crippen molar-refractivity contribution in [3.05, 3.63) is 44.6 Å². The molecule has 0 aliphatic heterocycles. The van der Waals surface area contributed by atoms with Crippen LogP contribution >= 0.6 is 27.5 Å². The number of hydrogen-bond acceptors (Lipinski definition) is 6. The summed E-state index contributed by atoms with van der Waals surface area (Å²) in [5.74, 6) is 5.28. The second-order valence-electron chi connectivity index (χ2n) is 4.33. The van der Waals surface area contributed by atoms with E-state index in [2.05, 4.69) is 31.3 Å². The van der Waals surface area contributed by atoms with E-state index in [1.54, 1.807) is 25.1 Å². The van der Waals surface area contributed by atoms with Gasteiger partial charge in [-0.2, -0.15) is 0 Å². The van der Waals surface area contributed by atoms with Gasteiger partial charge in [0.1, 0.15) is 12.4 Å². The normalized spacial score (nSPS) is 10.4. The highest BCUT2D eigenvalue weighted by Crippen LogP contribution is 2.28. The molecule has 22 heavy (non-hydrogen) atoms. The number of nitrogens with zero attached hydrogens (tertiary/aromatic N) is 2. The van der Waals surface area contributed by atoms with E-state index in [0.717, 1.165) is 0 Å². The monoisotopic (exact) mass is 385 g/mol. The van der Waals surface area contributed by atoms with Crippen molar-refractivity contribution in [1.82, 2.24) is 15.4 Å². The third-order valence-corrected chi connectivity index (χ3v) is 3.65. The first-order valence-corrected chi connectivity index (χ1v) is 7.31. The lowest BCUT2D eigenvalue weighted by atomic mass is 10.1. The molecular weight excluding hydrogens is 374 g/mol. The molecule has 0 bridgehead atoms. The first kappa shape index (κ1) is 16.5. The molecule has 0 spiro atoms. The summed E-state index contributed by atoms with van der Waals surface area (Å²) in [7, 11) is 0. The van der Waals surface area contributed by atoms with Crippen molar-refractivity contribution in [2.45, 2.75) is 13.5 Å². The fraction of sp³-hybridized carbons (Fsp3) is 0.154. The SMILES string of the molecule is Cc1nc(N)nc(COc2ccc(Cl)cc2Br)c1C(=O)NN. The molecule has 0 unspecified atom stereocenters. The van der Waals surface area contributed by atoms with Crippen LogP contribution < -0.4 is 21.7 Å². The summed E-state index contributed by atoms with van der Waals surface area (Å²) in [5.41, 5.74) is 8.68. The van der Waals surface area contributed by atoms with Crippen molar-refractivity contribution in [2.24, 2.45) is 5.84 Å². The Morgan fingerprint density at radius 2 is 2.18 bits per heavy atom. The number of carbonyl (C=O) groups excluding carboxylic acids is 1. The standard InChI is InChI=1S/C13H13BrClN5O2/c1-6-11(12(21)20-17)9(19-13(16)18-6)5-22-10-3-2-7(15)4-8(10)14/h2-4H,5,17H2,1H3,(H,20,21)(H2,16,18,19). The van der Waals surface area contributed by atoms with Gasteiger partial charge in [0.05, 0.1) is 21.4 Å². The Morgan fingerprint density at radius 1 is 1.45 bits per heavy atom. The number of carbonyl (C=O) groups is 1. The van der Waals surface area contributed by atoms with Crippen LogP contribution in [0.5, 0.6) is 5.75 Å². The molecule has 7 nitrogen and oxygen atoms in total. The highest BCUT2D eigenvalue weighted by molar-refractivity contribution is 9.10. The second kappa shape index (κ2) is 6.91. The number of aryl methyl sites for hydroxylation is 1. The summed E-state index contributed by atoms with van der Waals surface area (Å²) < 4.78 is 6.33. The maximum Gasteiger partial charge on any atom is 0.269 e.